The van der Waals surface area contributed by atoms with Crippen LogP contribution in [0.4, 0.5) is 0 Å². The Balaban J connectivity index is 2.26. The van der Waals surface area contributed by atoms with Crippen molar-refractivity contribution in [3.8, 4) is 5.75 Å². The number of carbonyl (C=O) groups excluding carboxylic acids is 1. The van der Waals surface area contributed by atoms with Crippen LogP contribution in [-0.4, -0.2) is 44.6 Å². The molecule has 0 aliphatic carbocycles. The Hall–Kier alpha value is -2.11. The van der Waals surface area contributed by atoms with Crippen molar-refractivity contribution < 1.29 is 19.8 Å². The van der Waals surface area contributed by atoms with Crippen LogP contribution >= 0.6 is 0 Å². The van der Waals surface area contributed by atoms with Gasteiger partial charge in [0.05, 0.1) is 11.8 Å². The van der Waals surface area contributed by atoms with Crippen molar-refractivity contribution in [2.45, 2.75) is 19.4 Å². The first-order chi connectivity index (χ1) is 8.50. The van der Waals surface area contributed by atoms with E-state index in [9.17, 15) is 14.7 Å². The Morgan fingerprint density at radius 3 is 2.78 bits per heavy atom. The van der Waals surface area contributed by atoms with Crippen LogP contribution in [0.1, 0.15) is 23.7 Å². The molecule has 2 unspecified atom stereocenters. The highest BCUT2D eigenvalue weighted by Crippen LogP contribution is 2.26. The standard InChI is InChI=1S/C12H14N2O4/c1-7-2-3-14(10(7)12(17)18)11(16)8-4-9(15)6-13-5-8/h4-7,10,15H,2-3H2,1H3,(H,17,18). The van der Waals surface area contributed by atoms with Gasteiger partial charge in [-0.2, -0.15) is 0 Å². The number of aromatic hydroxyl groups is 1. The molecule has 0 spiro atoms. The molecule has 0 aromatic carbocycles. The number of pyridine rings is 1. The van der Waals surface area contributed by atoms with E-state index < -0.39 is 17.9 Å². The van der Waals surface area contributed by atoms with E-state index in [-0.39, 0.29) is 17.2 Å². The van der Waals surface area contributed by atoms with Gasteiger partial charge in [-0.3, -0.25) is 9.78 Å². The summed E-state index contributed by atoms with van der Waals surface area (Å²) in [6.45, 7) is 2.22. The average Bonchev–Trinajstić information content (AvgIpc) is 2.70. The molecule has 0 radical (unpaired) electrons. The molecular formula is C12H14N2O4. The second-order valence-corrected chi connectivity index (χ2v) is 4.48. The SMILES string of the molecule is CC1CCN(C(=O)c2cncc(O)c2)C1C(=O)O. The monoisotopic (exact) mass is 250 g/mol. The van der Waals surface area contributed by atoms with Crippen LogP contribution in [0.15, 0.2) is 18.5 Å². The van der Waals surface area contributed by atoms with Crippen molar-refractivity contribution in [3.63, 3.8) is 0 Å². The van der Waals surface area contributed by atoms with E-state index in [4.69, 9.17) is 5.11 Å². The lowest BCUT2D eigenvalue weighted by molar-refractivity contribution is -0.142. The first kappa shape index (κ1) is 12.3. The number of aromatic nitrogens is 1. The average molecular weight is 250 g/mol. The lowest BCUT2D eigenvalue weighted by atomic mass is 10.0. The van der Waals surface area contributed by atoms with E-state index in [1.807, 2.05) is 6.92 Å². The molecule has 1 aliphatic heterocycles. The van der Waals surface area contributed by atoms with E-state index >= 15 is 0 Å². The fourth-order valence-corrected chi connectivity index (χ4v) is 2.26. The summed E-state index contributed by atoms with van der Waals surface area (Å²) < 4.78 is 0. The zero-order valence-corrected chi connectivity index (χ0v) is 9.91. The normalized spacial score (nSPS) is 23.1. The van der Waals surface area contributed by atoms with Gasteiger partial charge in [0.25, 0.3) is 5.91 Å². The number of carbonyl (C=O) groups is 2. The molecule has 1 fully saturated rings. The maximum atomic E-state index is 12.2. The maximum absolute atomic E-state index is 12.2. The fraction of sp³-hybridized carbons (Fsp3) is 0.417. The van der Waals surface area contributed by atoms with Crippen LogP contribution < -0.4 is 0 Å². The van der Waals surface area contributed by atoms with E-state index in [1.54, 1.807) is 0 Å². The second-order valence-electron chi connectivity index (χ2n) is 4.48. The Morgan fingerprint density at radius 2 is 2.17 bits per heavy atom. The topological polar surface area (TPSA) is 90.7 Å². The van der Waals surface area contributed by atoms with Crippen LogP contribution in [0.5, 0.6) is 5.75 Å². The molecule has 1 saturated heterocycles. The van der Waals surface area contributed by atoms with Gasteiger partial charge >= 0.3 is 5.97 Å². The molecule has 96 valence electrons. The largest absolute Gasteiger partial charge is 0.506 e. The number of carboxylic acid groups (broad SMARTS) is 1. The zero-order chi connectivity index (χ0) is 13.3. The molecule has 1 amide bonds. The minimum Gasteiger partial charge on any atom is -0.506 e. The lowest BCUT2D eigenvalue weighted by Gasteiger charge is -2.23. The minimum absolute atomic E-state index is 0.0725. The summed E-state index contributed by atoms with van der Waals surface area (Å²) in [6, 6.07) is 0.483. The van der Waals surface area contributed by atoms with Crippen molar-refractivity contribution in [1.82, 2.24) is 9.88 Å². The summed E-state index contributed by atoms with van der Waals surface area (Å²) in [5, 5.41) is 18.4. The molecule has 0 bridgehead atoms. The number of rotatable bonds is 2. The number of likely N-dealkylation sites (tertiary alicyclic amines) is 1. The van der Waals surface area contributed by atoms with Crippen molar-refractivity contribution in [2.75, 3.05) is 6.54 Å². The molecule has 2 N–H and O–H groups in total. The Morgan fingerprint density at radius 1 is 1.44 bits per heavy atom. The number of nitrogens with zero attached hydrogens (tertiary/aromatic N) is 2. The second kappa shape index (κ2) is 4.64. The van der Waals surface area contributed by atoms with Crippen LogP contribution in [0, 0.1) is 5.92 Å². The highest BCUT2D eigenvalue weighted by molar-refractivity contribution is 5.97. The number of hydrogen-bond acceptors (Lipinski definition) is 4. The van der Waals surface area contributed by atoms with Gasteiger partial charge in [-0.25, -0.2) is 4.79 Å². The molecule has 2 rings (SSSR count). The van der Waals surface area contributed by atoms with Crippen molar-refractivity contribution in [2.24, 2.45) is 5.92 Å². The smallest absolute Gasteiger partial charge is 0.326 e. The molecular weight excluding hydrogens is 236 g/mol. The van der Waals surface area contributed by atoms with Gasteiger partial charge in [0, 0.05) is 12.7 Å². The summed E-state index contributed by atoms with van der Waals surface area (Å²) in [4.78, 5) is 28.4. The van der Waals surface area contributed by atoms with Gasteiger partial charge < -0.3 is 15.1 Å². The number of amides is 1. The molecule has 18 heavy (non-hydrogen) atoms. The number of aliphatic carboxylic acids is 1. The zero-order valence-electron chi connectivity index (χ0n) is 9.91. The molecule has 1 aliphatic rings. The Kier molecular flexibility index (Phi) is 3.18. The predicted octanol–water partition coefficient (Wildman–Crippen LogP) is 0.722. The molecule has 0 saturated carbocycles. The van der Waals surface area contributed by atoms with Gasteiger partial charge in [0.1, 0.15) is 11.8 Å². The van der Waals surface area contributed by atoms with Crippen molar-refractivity contribution in [1.29, 1.82) is 0 Å². The predicted molar refractivity (Wildman–Crippen MR) is 62.1 cm³/mol. The third kappa shape index (κ3) is 2.13. The van der Waals surface area contributed by atoms with Crippen LogP contribution in [0.25, 0.3) is 0 Å². The van der Waals surface area contributed by atoms with E-state index in [1.165, 1.54) is 23.4 Å². The molecule has 1 aromatic heterocycles. The molecule has 1 aromatic rings. The van der Waals surface area contributed by atoms with Gasteiger partial charge in [-0.05, 0) is 18.4 Å². The number of carboxylic acids is 1. The van der Waals surface area contributed by atoms with Crippen molar-refractivity contribution >= 4 is 11.9 Å². The molecule has 6 heteroatoms. The first-order valence-electron chi connectivity index (χ1n) is 5.68. The van der Waals surface area contributed by atoms with Crippen LogP contribution in [0.3, 0.4) is 0 Å². The highest BCUT2D eigenvalue weighted by Gasteiger charge is 2.39. The van der Waals surface area contributed by atoms with Crippen molar-refractivity contribution in [3.05, 3.63) is 24.0 Å². The van der Waals surface area contributed by atoms with E-state index in [0.717, 1.165) is 0 Å². The quantitative estimate of drug-likeness (QED) is 0.807. The maximum Gasteiger partial charge on any atom is 0.326 e. The van der Waals surface area contributed by atoms with Crippen LogP contribution in [-0.2, 0) is 4.79 Å². The van der Waals surface area contributed by atoms with Gasteiger partial charge in [0.2, 0.25) is 0 Å². The molecule has 2 heterocycles. The third-order valence-corrected chi connectivity index (χ3v) is 3.18. The summed E-state index contributed by atoms with van der Waals surface area (Å²) in [7, 11) is 0. The fourth-order valence-electron chi connectivity index (χ4n) is 2.26. The molecule has 6 nitrogen and oxygen atoms in total. The van der Waals surface area contributed by atoms with Gasteiger partial charge in [-0.15, -0.1) is 0 Å². The highest BCUT2D eigenvalue weighted by atomic mass is 16.4. The minimum atomic E-state index is -0.999. The summed E-state index contributed by atoms with van der Waals surface area (Å²) >= 11 is 0. The number of hydrogen-bond donors (Lipinski definition) is 2. The molecule has 2 atom stereocenters. The first-order valence-corrected chi connectivity index (χ1v) is 5.68. The summed E-state index contributed by atoms with van der Waals surface area (Å²) in [5.41, 5.74) is 0.204. The Bertz CT molecular complexity index is 489. The Labute approximate surface area is 104 Å². The third-order valence-electron chi connectivity index (χ3n) is 3.18. The van der Waals surface area contributed by atoms with Gasteiger partial charge in [0.15, 0.2) is 0 Å². The van der Waals surface area contributed by atoms with E-state index in [0.29, 0.717) is 13.0 Å². The van der Waals surface area contributed by atoms with Crippen LogP contribution in [0.2, 0.25) is 0 Å². The summed E-state index contributed by atoms with van der Waals surface area (Å²) in [6.07, 6.45) is 3.21. The summed E-state index contributed by atoms with van der Waals surface area (Å²) in [5.74, 6) is -1.59. The lowest BCUT2D eigenvalue weighted by Crippen LogP contribution is -2.42. The van der Waals surface area contributed by atoms with E-state index in [2.05, 4.69) is 4.98 Å². The van der Waals surface area contributed by atoms with Gasteiger partial charge in [-0.1, -0.05) is 6.92 Å².